The van der Waals surface area contributed by atoms with Crippen molar-refractivity contribution in [2.75, 3.05) is 20.1 Å². The van der Waals surface area contributed by atoms with Crippen LogP contribution in [0.2, 0.25) is 0 Å². The van der Waals surface area contributed by atoms with E-state index in [4.69, 9.17) is 4.42 Å². The predicted octanol–water partition coefficient (Wildman–Crippen LogP) is 0.465. The Labute approximate surface area is 106 Å². The first-order valence-corrected chi connectivity index (χ1v) is 7.25. The van der Waals surface area contributed by atoms with Gasteiger partial charge in [-0.25, -0.2) is 13.1 Å². The van der Waals surface area contributed by atoms with Crippen molar-refractivity contribution in [1.29, 1.82) is 0 Å². The number of nitrogens with zero attached hydrogens (tertiary/aromatic N) is 1. The van der Waals surface area contributed by atoms with Crippen LogP contribution in [0.5, 0.6) is 0 Å². The molecule has 100 valence electrons. The number of rotatable bonds is 4. The largest absolute Gasteiger partial charge is 0.440 e. The lowest BCUT2D eigenvalue weighted by molar-refractivity contribution is 0.109. The van der Waals surface area contributed by atoms with Gasteiger partial charge in [0.05, 0.1) is 0 Å². The van der Waals surface area contributed by atoms with Gasteiger partial charge in [0.1, 0.15) is 0 Å². The van der Waals surface area contributed by atoms with E-state index < -0.39 is 10.0 Å². The molecule has 0 amide bonds. The first-order valence-electron chi connectivity index (χ1n) is 5.77. The molecular weight excluding hydrogens is 256 g/mol. The van der Waals surface area contributed by atoms with Gasteiger partial charge in [-0.3, -0.25) is 4.79 Å². The Hall–Kier alpha value is -1.18. The molecule has 1 fully saturated rings. The van der Waals surface area contributed by atoms with E-state index in [0.717, 1.165) is 25.9 Å². The van der Waals surface area contributed by atoms with E-state index in [-0.39, 0.29) is 16.9 Å². The Morgan fingerprint density at radius 1 is 1.39 bits per heavy atom. The van der Waals surface area contributed by atoms with E-state index in [0.29, 0.717) is 6.29 Å². The molecule has 0 aromatic carbocycles. The lowest BCUT2D eigenvalue weighted by Gasteiger charge is -2.28. The topological polar surface area (TPSA) is 79.6 Å². The van der Waals surface area contributed by atoms with E-state index in [1.54, 1.807) is 0 Å². The van der Waals surface area contributed by atoms with Crippen LogP contribution in [-0.2, 0) is 10.0 Å². The molecule has 1 aromatic rings. The summed E-state index contributed by atoms with van der Waals surface area (Å²) < 4.78 is 31.5. The first kappa shape index (κ1) is 13.3. The number of hydrogen-bond donors (Lipinski definition) is 1. The van der Waals surface area contributed by atoms with Crippen LogP contribution < -0.4 is 4.72 Å². The molecule has 0 spiro atoms. The maximum absolute atomic E-state index is 12.0. The molecule has 2 heterocycles. The fourth-order valence-corrected chi connectivity index (χ4v) is 3.19. The van der Waals surface area contributed by atoms with Gasteiger partial charge in [-0.05, 0) is 45.1 Å². The van der Waals surface area contributed by atoms with Gasteiger partial charge in [0.2, 0.25) is 5.09 Å². The second-order valence-electron chi connectivity index (χ2n) is 4.47. The lowest BCUT2D eigenvalue weighted by atomic mass is 10.1. The number of sulfonamides is 1. The van der Waals surface area contributed by atoms with Crippen LogP contribution >= 0.6 is 0 Å². The highest BCUT2D eigenvalue weighted by molar-refractivity contribution is 7.89. The Kier molecular flexibility index (Phi) is 3.84. The monoisotopic (exact) mass is 272 g/mol. The highest BCUT2D eigenvalue weighted by atomic mass is 32.2. The normalized spacial score (nSPS) is 18.9. The van der Waals surface area contributed by atoms with Crippen LogP contribution in [0.1, 0.15) is 23.4 Å². The Morgan fingerprint density at radius 3 is 2.61 bits per heavy atom. The van der Waals surface area contributed by atoms with Gasteiger partial charge in [0.25, 0.3) is 10.0 Å². The molecule has 1 aliphatic rings. The third kappa shape index (κ3) is 2.98. The van der Waals surface area contributed by atoms with Crippen molar-refractivity contribution in [3.05, 3.63) is 17.9 Å². The van der Waals surface area contributed by atoms with Crippen LogP contribution in [0.3, 0.4) is 0 Å². The number of likely N-dealkylation sites (tertiary alicyclic amines) is 1. The first-order chi connectivity index (χ1) is 8.51. The fourth-order valence-electron chi connectivity index (χ4n) is 1.95. The second-order valence-corrected chi connectivity index (χ2v) is 6.12. The van der Waals surface area contributed by atoms with Crippen molar-refractivity contribution in [1.82, 2.24) is 9.62 Å². The van der Waals surface area contributed by atoms with E-state index in [1.165, 1.54) is 12.1 Å². The lowest BCUT2D eigenvalue weighted by Crippen LogP contribution is -2.43. The second kappa shape index (κ2) is 5.21. The minimum Gasteiger partial charge on any atom is -0.440 e. The van der Waals surface area contributed by atoms with Crippen molar-refractivity contribution < 1.29 is 17.6 Å². The van der Waals surface area contributed by atoms with Crippen molar-refractivity contribution >= 4 is 16.3 Å². The maximum Gasteiger partial charge on any atom is 0.274 e. The summed E-state index contributed by atoms with van der Waals surface area (Å²) in [4.78, 5) is 12.6. The van der Waals surface area contributed by atoms with Crippen molar-refractivity contribution in [2.24, 2.45) is 0 Å². The molecular formula is C11H16N2O4S. The summed E-state index contributed by atoms with van der Waals surface area (Å²) >= 11 is 0. The third-order valence-corrected chi connectivity index (χ3v) is 4.42. The summed E-state index contributed by atoms with van der Waals surface area (Å²) in [7, 11) is -1.65. The number of aldehydes is 1. The van der Waals surface area contributed by atoms with Gasteiger partial charge < -0.3 is 9.32 Å². The fraction of sp³-hybridized carbons (Fsp3) is 0.545. The minimum atomic E-state index is -3.66. The van der Waals surface area contributed by atoms with Crippen molar-refractivity contribution in [3.8, 4) is 0 Å². The number of carbonyl (C=O) groups is 1. The molecule has 0 saturated carbocycles. The molecule has 1 aromatic heterocycles. The molecule has 1 saturated heterocycles. The molecule has 1 aliphatic heterocycles. The van der Waals surface area contributed by atoms with E-state index in [1.807, 2.05) is 7.05 Å². The minimum absolute atomic E-state index is 0.0127. The van der Waals surface area contributed by atoms with Gasteiger partial charge >= 0.3 is 0 Å². The van der Waals surface area contributed by atoms with E-state index in [2.05, 4.69) is 9.62 Å². The highest BCUT2D eigenvalue weighted by Gasteiger charge is 2.25. The van der Waals surface area contributed by atoms with Crippen LogP contribution in [0.15, 0.2) is 21.6 Å². The third-order valence-electron chi connectivity index (χ3n) is 3.02. The number of furan rings is 1. The molecule has 6 nitrogen and oxygen atoms in total. The molecule has 0 bridgehead atoms. The molecule has 0 unspecified atom stereocenters. The molecule has 0 aliphatic carbocycles. The Morgan fingerprint density at radius 2 is 2.06 bits per heavy atom. The average Bonchev–Trinajstić information content (AvgIpc) is 2.81. The average molecular weight is 272 g/mol. The van der Waals surface area contributed by atoms with Crippen LogP contribution in [0, 0.1) is 0 Å². The summed E-state index contributed by atoms with van der Waals surface area (Å²) in [6.07, 6.45) is 2.03. The van der Waals surface area contributed by atoms with Crippen LogP contribution in [0.4, 0.5) is 0 Å². The zero-order valence-corrected chi connectivity index (χ0v) is 10.9. The summed E-state index contributed by atoms with van der Waals surface area (Å²) in [5.41, 5.74) is 0. The highest BCUT2D eigenvalue weighted by Crippen LogP contribution is 2.16. The molecule has 1 N–H and O–H groups in total. The van der Waals surface area contributed by atoms with E-state index in [9.17, 15) is 13.2 Å². The molecule has 7 heteroatoms. The molecule has 0 atom stereocenters. The van der Waals surface area contributed by atoms with Gasteiger partial charge in [-0.15, -0.1) is 0 Å². The van der Waals surface area contributed by atoms with Crippen molar-refractivity contribution in [3.63, 3.8) is 0 Å². The SMILES string of the molecule is CN1CCC(NS(=O)(=O)c2ccc(C=O)o2)CC1. The van der Waals surface area contributed by atoms with E-state index >= 15 is 0 Å². The summed E-state index contributed by atoms with van der Waals surface area (Å²) in [5, 5.41) is -0.205. The zero-order chi connectivity index (χ0) is 13.2. The number of carbonyl (C=O) groups excluding carboxylic acids is 1. The number of hydrogen-bond acceptors (Lipinski definition) is 5. The summed E-state index contributed by atoms with van der Waals surface area (Å²) in [6.45, 7) is 1.73. The quantitative estimate of drug-likeness (QED) is 0.806. The maximum atomic E-state index is 12.0. The van der Waals surface area contributed by atoms with Crippen LogP contribution in [0.25, 0.3) is 0 Å². The Balaban J connectivity index is 2.05. The summed E-state index contributed by atoms with van der Waals surface area (Å²) in [6, 6.07) is 2.56. The molecule has 2 rings (SSSR count). The smallest absolute Gasteiger partial charge is 0.274 e. The zero-order valence-electron chi connectivity index (χ0n) is 10.1. The predicted molar refractivity (Wildman–Crippen MR) is 64.9 cm³/mol. The standard InChI is InChI=1S/C11H16N2O4S/c1-13-6-4-9(5-7-13)12-18(15,16)11-3-2-10(8-14)17-11/h2-3,8-9,12H,4-7H2,1H3. The van der Waals surface area contributed by atoms with Crippen molar-refractivity contribution in [2.45, 2.75) is 24.0 Å². The molecule has 0 radical (unpaired) electrons. The van der Waals surface area contributed by atoms with Crippen LogP contribution in [-0.4, -0.2) is 45.8 Å². The Bertz CT molecular complexity index is 515. The number of piperidine rings is 1. The van der Waals surface area contributed by atoms with Gasteiger partial charge in [0, 0.05) is 6.04 Å². The molecule has 18 heavy (non-hydrogen) atoms. The number of nitrogens with one attached hydrogen (secondary N) is 1. The van der Waals surface area contributed by atoms with Gasteiger partial charge in [0.15, 0.2) is 12.0 Å². The van der Waals surface area contributed by atoms with Gasteiger partial charge in [-0.1, -0.05) is 0 Å². The summed E-state index contributed by atoms with van der Waals surface area (Å²) in [5.74, 6) is 0.0127. The van der Waals surface area contributed by atoms with Gasteiger partial charge in [-0.2, -0.15) is 0 Å².